The zero-order valence-electron chi connectivity index (χ0n) is 16.6. The fourth-order valence-corrected chi connectivity index (χ4v) is 4.91. The van der Waals surface area contributed by atoms with E-state index >= 15 is 0 Å². The zero-order valence-corrected chi connectivity index (χ0v) is 17.4. The molecule has 1 aromatic rings. The number of benzene rings is 1. The summed E-state index contributed by atoms with van der Waals surface area (Å²) in [6, 6.07) is 4.75. The lowest BCUT2D eigenvalue weighted by Gasteiger charge is -2.36. The van der Waals surface area contributed by atoms with Crippen LogP contribution in [0.5, 0.6) is 0 Å². The maximum atomic E-state index is 13.2. The normalized spacial score (nSPS) is 19.6. The Labute approximate surface area is 165 Å². The number of amides is 1. The molecule has 1 fully saturated rings. The molecule has 0 spiro atoms. The molecule has 0 radical (unpaired) electrons. The van der Waals surface area contributed by atoms with Gasteiger partial charge < -0.3 is 9.64 Å². The molecule has 1 unspecified atom stereocenters. The van der Waals surface area contributed by atoms with Crippen molar-refractivity contribution in [3.05, 3.63) is 34.4 Å². The first-order valence-corrected chi connectivity index (χ1v) is 10.6. The van der Waals surface area contributed by atoms with Gasteiger partial charge in [0.25, 0.3) is 5.69 Å². The molecule has 1 aromatic carbocycles. The number of hydrogen-bond acceptors (Lipinski definition) is 6. The summed E-state index contributed by atoms with van der Waals surface area (Å²) in [6.07, 6.45) is 0.641. The van der Waals surface area contributed by atoms with Crippen LogP contribution in [0.2, 0.25) is 0 Å². The van der Waals surface area contributed by atoms with Crippen LogP contribution in [0.1, 0.15) is 40.5 Å². The van der Waals surface area contributed by atoms with E-state index in [0.717, 1.165) is 0 Å². The van der Waals surface area contributed by atoms with E-state index < -0.39 is 38.4 Å². The number of nitro benzene ring substituents is 1. The molecular weight excluding hydrogens is 386 g/mol. The first-order valence-electron chi connectivity index (χ1n) is 9.16. The molecule has 1 aliphatic rings. The molecule has 10 heteroatoms. The monoisotopic (exact) mass is 413 g/mol. The van der Waals surface area contributed by atoms with E-state index in [0.29, 0.717) is 19.4 Å². The summed E-state index contributed by atoms with van der Waals surface area (Å²) in [5.74, 6) is 0. The fourth-order valence-electron chi connectivity index (χ4n) is 3.09. The summed E-state index contributed by atoms with van der Waals surface area (Å²) in [5, 5.41) is 11.3. The van der Waals surface area contributed by atoms with Gasteiger partial charge in [0, 0.05) is 31.7 Å². The lowest BCUT2D eigenvalue weighted by molar-refractivity contribution is -0.387. The van der Waals surface area contributed by atoms with Gasteiger partial charge in [-0.1, -0.05) is 12.1 Å². The summed E-state index contributed by atoms with van der Waals surface area (Å²) < 4.78 is 33.0. The van der Waals surface area contributed by atoms with Crippen molar-refractivity contribution in [2.75, 3.05) is 19.6 Å². The van der Waals surface area contributed by atoms with Gasteiger partial charge in [0.05, 0.1) is 4.92 Å². The number of sulfonamides is 1. The highest BCUT2D eigenvalue weighted by molar-refractivity contribution is 7.89. The Kier molecular flexibility index (Phi) is 6.66. The standard InChI is InChI=1S/C18H27N3O6S/c1-14-13-19(17(22)27-18(2,3)4)11-7-8-12-20(14)28(25,26)16-10-6-5-9-15(16)21(23)24/h5-6,9-10,14H,7-8,11-13H2,1-4H3. The molecule has 1 aliphatic heterocycles. The van der Waals surface area contributed by atoms with Gasteiger partial charge in [0.2, 0.25) is 10.0 Å². The molecule has 0 N–H and O–H groups in total. The molecule has 1 atom stereocenters. The van der Waals surface area contributed by atoms with E-state index in [4.69, 9.17) is 4.74 Å². The predicted octanol–water partition coefficient (Wildman–Crippen LogP) is 3.00. The van der Waals surface area contributed by atoms with E-state index in [2.05, 4.69) is 0 Å². The number of hydrogen-bond donors (Lipinski definition) is 0. The fraction of sp³-hybridized carbons (Fsp3) is 0.611. The van der Waals surface area contributed by atoms with E-state index in [9.17, 15) is 23.3 Å². The van der Waals surface area contributed by atoms with Crippen LogP contribution in [0.15, 0.2) is 29.2 Å². The van der Waals surface area contributed by atoms with Crippen molar-refractivity contribution < 1.29 is 22.9 Å². The van der Waals surface area contributed by atoms with E-state index in [1.54, 1.807) is 27.7 Å². The van der Waals surface area contributed by atoms with E-state index in [1.165, 1.54) is 33.5 Å². The Morgan fingerprint density at radius 2 is 1.82 bits per heavy atom. The summed E-state index contributed by atoms with van der Waals surface area (Å²) in [5.41, 5.74) is -1.11. The van der Waals surface area contributed by atoms with Crippen LogP contribution in [0.25, 0.3) is 0 Å². The van der Waals surface area contributed by atoms with Gasteiger partial charge in [-0.3, -0.25) is 10.1 Å². The number of nitro groups is 1. The van der Waals surface area contributed by atoms with Crippen molar-refractivity contribution >= 4 is 21.8 Å². The molecule has 0 bridgehead atoms. The zero-order chi connectivity index (χ0) is 21.1. The molecule has 28 heavy (non-hydrogen) atoms. The number of carbonyl (C=O) groups excluding carboxylic acids is 1. The van der Waals surface area contributed by atoms with Gasteiger partial charge in [-0.25, -0.2) is 13.2 Å². The minimum Gasteiger partial charge on any atom is -0.444 e. The van der Waals surface area contributed by atoms with Crippen molar-refractivity contribution in [3.63, 3.8) is 0 Å². The third-order valence-electron chi connectivity index (χ3n) is 4.33. The minimum absolute atomic E-state index is 0.148. The van der Waals surface area contributed by atoms with Crippen LogP contribution in [-0.4, -0.2) is 59.9 Å². The second-order valence-electron chi connectivity index (χ2n) is 7.82. The van der Waals surface area contributed by atoms with Gasteiger partial charge in [0.1, 0.15) is 5.60 Å². The van der Waals surface area contributed by atoms with E-state index in [1.807, 2.05) is 0 Å². The molecule has 2 rings (SSSR count). The lowest BCUT2D eigenvalue weighted by atomic mass is 10.2. The molecule has 1 saturated heterocycles. The van der Waals surface area contributed by atoms with Crippen molar-refractivity contribution in [2.24, 2.45) is 0 Å². The van der Waals surface area contributed by atoms with Crippen molar-refractivity contribution in [2.45, 2.75) is 57.1 Å². The van der Waals surface area contributed by atoms with Crippen LogP contribution in [-0.2, 0) is 14.8 Å². The highest BCUT2D eigenvalue weighted by atomic mass is 32.2. The molecule has 1 heterocycles. The average Bonchev–Trinajstić information content (AvgIpc) is 2.56. The summed E-state index contributed by atoms with van der Waals surface area (Å²) in [6.45, 7) is 7.84. The maximum Gasteiger partial charge on any atom is 0.410 e. The Hall–Kier alpha value is -2.20. The van der Waals surface area contributed by atoms with E-state index in [-0.39, 0.29) is 18.0 Å². The first kappa shape index (κ1) is 22.1. The van der Waals surface area contributed by atoms with Gasteiger partial charge >= 0.3 is 6.09 Å². The number of carbonyl (C=O) groups is 1. The Morgan fingerprint density at radius 3 is 2.43 bits per heavy atom. The predicted molar refractivity (Wildman–Crippen MR) is 103 cm³/mol. The molecule has 0 aliphatic carbocycles. The number of nitrogens with zero attached hydrogens (tertiary/aromatic N) is 3. The minimum atomic E-state index is -4.10. The second-order valence-corrected chi connectivity index (χ2v) is 9.68. The van der Waals surface area contributed by atoms with Gasteiger partial charge in [-0.15, -0.1) is 0 Å². The van der Waals surface area contributed by atoms with Crippen LogP contribution in [0, 0.1) is 10.1 Å². The molecule has 9 nitrogen and oxygen atoms in total. The number of rotatable bonds is 3. The smallest absolute Gasteiger partial charge is 0.410 e. The SMILES string of the molecule is CC1CN(C(=O)OC(C)(C)C)CCCCN1S(=O)(=O)c1ccccc1[N+](=O)[O-]. The third-order valence-corrected chi connectivity index (χ3v) is 6.39. The topological polar surface area (TPSA) is 110 Å². The summed E-state index contributed by atoms with van der Waals surface area (Å²) >= 11 is 0. The Balaban J connectivity index is 2.31. The Bertz CT molecular complexity index is 834. The highest BCUT2D eigenvalue weighted by Gasteiger charge is 2.36. The summed E-state index contributed by atoms with van der Waals surface area (Å²) in [7, 11) is -4.10. The van der Waals surface area contributed by atoms with Crippen molar-refractivity contribution in [3.8, 4) is 0 Å². The maximum absolute atomic E-state index is 13.2. The van der Waals surface area contributed by atoms with Crippen LogP contribution >= 0.6 is 0 Å². The Morgan fingerprint density at radius 1 is 1.21 bits per heavy atom. The van der Waals surface area contributed by atoms with Crippen LogP contribution in [0.3, 0.4) is 0 Å². The van der Waals surface area contributed by atoms with Gasteiger partial charge in [0.15, 0.2) is 4.90 Å². The molecule has 1 amide bonds. The lowest BCUT2D eigenvalue weighted by Crippen LogP contribution is -2.50. The first-order chi connectivity index (χ1) is 12.9. The van der Waals surface area contributed by atoms with Crippen molar-refractivity contribution in [1.29, 1.82) is 0 Å². The number of ether oxygens (including phenoxy) is 1. The summed E-state index contributed by atoms with van der Waals surface area (Å²) in [4.78, 5) is 24.2. The van der Waals surface area contributed by atoms with Crippen LogP contribution < -0.4 is 0 Å². The molecule has 156 valence electrons. The molecular formula is C18H27N3O6S. The van der Waals surface area contributed by atoms with Crippen LogP contribution in [0.4, 0.5) is 10.5 Å². The molecule has 0 saturated carbocycles. The largest absolute Gasteiger partial charge is 0.444 e. The molecule has 0 aromatic heterocycles. The number of para-hydroxylation sites is 1. The average molecular weight is 413 g/mol. The van der Waals surface area contributed by atoms with Crippen molar-refractivity contribution in [1.82, 2.24) is 9.21 Å². The van der Waals surface area contributed by atoms with Gasteiger partial charge in [-0.05, 0) is 46.6 Å². The van der Waals surface area contributed by atoms with Gasteiger partial charge in [-0.2, -0.15) is 4.31 Å². The third kappa shape index (κ3) is 5.20. The highest BCUT2D eigenvalue weighted by Crippen LogP contribution is 2.28. The quantitative estimate of drug-likeness (QED) is 0.556. The second kappa shape index (κ2) is 8.44.